The Hall–Kier alpha value is -0.570. The smallest absolute Gasteiger partial charge is 0.101 e. The van der Waals surface area contributed by atoms with Crippen LogP contribution in [-0.2, 0) is 0 Å². The number of thiocarbonyl (C=S) groups is 1. The average Bonchev–Trinajstić information content (AvgIpc) is 1.78. The van der Waals surface area contributed by atoms with Crippen LogP contribution in [0.1, 0.15) is 34.1 Å². The van der Waals surface area contributed by atoms with Gasteiger partial charge in [0.05, 0.1) is 0 Å². The maximum atomic E-state index is 5.16. The maximum absolute atomic E-state index is 5.16. The molecule has 0 aromatic rings. The molecule has 0 unspecified atom stereocenters. The molecule has 74 valence electrons. The third-order valence-electron chi connectivity index (χ3n) is 1.87. The molecule has 0 amide bonds. The quantitative estimate of drug-likeness (QED) is 0.663. The molecule has 1 aliphatic rings. The van der Waals surface area contributed by atoms with Crippen LogP contribution in [0.3, 0.4) is 0 Å². The summed E-state index contributed by atoms with van der Waals surface area (Å²) in [7, 11) is 0. The zero-order valence-corrected chi connectivity index (χ0v) is 9.59. The van der Waals surface area contributed by atoms with E-state index in [0.29, 0.717) is 6.04 Å². The summed E-state index contributed by atoms with van der Waals surface area (Å²) in [5, 5.41) is 6.68. The molecule has 13 heavy (non-hydrogen) atoms. The summed E-state index contributed by atoms with van der Waals surface area (Å²) in [6, 6.07) is 0.475. The molecule has 0 fully saturated rings. The van der Waals surface area contributed by atoms with Crippen LogP contribution in [0.15, 0.2) is 11.8 Å². The Morgan fingerprint density at radius 2 is 2.15 bits per heavy atom. The molecule has 0 saturated carbocycles. The first-order valence-corrected chi connectivity index (χ1v) is 5.09. The van der Waals surface area contributed by atoms with Crippen molar-refractivity contribution >= 4 is 17.2 Å². The largest absolute Gasteiger partial charge is 0.386 e. The van der Waals surface area contributed by atoms with Gasteiger partial charge in [0.15, 0.2) is 0 Å². The second kappa shape index (κ2) is 3.66. The second-order valence-electron chi connectivity index (χ2n) is 4.52. The van der Waals surface area contributed by atoms with E-state index in [9.17, 15) is 0 Å². The highest BCUT2D eigenvalue weighted by atomic mass is 32.1. The SMILES string of the molecule is CC(C)NC1=CC(=S)NC(C)(C)C1. The monoisotopic (exact) mass is 198 g/mol. The molecular formula is C10H18N2S. The van der Waals surface area contributed by atoms with E-state index in [1.54, 1.807) is 0 Å². The van der Waals surface area contributed by atoms with Crippen molar-refractivity contribution in [2.45, 2.75) is 45.7 Å². The Labute approximate surface area is 85.8 Å². The van der Waals surface area contributed by atoms with Gasteiger partial charge < -0.3 is 10.6 Å². The van der Waals surface area contributed by atoms with E-state index >= 15 is 0 Å². The standard InChI is InChI=1S/C10H18N2S/c1-7(2)11-8-5-9(13)12-10(3,4)6-8/h5,7,11H,6H2,1-4H3,(H,12,13). The molecule has 0 atom stereocenters. The van der Waals surface area contributed by atoms with Gasteiger partial charge in [-0.15, -0.1) is 0 Å². The fraction of sp³-hybridized carbons (Fsp3) is 0.700. The lowest BCUT2D eigenvalue weighted by Gasteiger charge is -2.33. The van der Waals surface area contributed by atoms with Crippen LogP contribution in [0.5, 0.6) is 0 Å². The first-order valence-electron chi connectivity index (χ1n) is 4.68. The molecule has 0 bridgehead atoms. The first-order chi connectivity index (χ1) is 5.89. The topological polar surface area (TPSA) is 24.1 Å². The average molecular weight is 198 g/mol. The minimum Gasteiger partial charge on any atom is -0.386 e. The summed E-state index contributed by atoms with van der Waals surface area (Å²) < 4.78 is 0. The molecule has 1 aliphatic heterocycles. The fourth-order valence-corrected chi connectivity index (χ4v) is 1.98. The van der Waals surface area contributed by atoms with Gasteiger partial charge in [0, 0.05) is 23.7 Å². The predicted octanol–water partition coefficient (Wildman–Crippen LogP) is 1.97. The van der Waals surface area contributed by atoms with Crippen LogP contribution in [0, 0.1) is 0 Å². The van der Waals surface area contributed by atoms with Crippen LogP contribution in [-0.4, -0.2) is 16.6 Å². The Morgan fingerprint density at radius 3 is 2.62 bits per heavy atom. The number of rotatable bonds is 2. The van der Waals surface area contributed by atoms with Crippen molar-refractivity contribution in [3.63, 3.8) is 0 Å². The van der Waals surface area contributed by atoms with Gasteiger partial charge in [-0.2, -0.15) is 0 Å². The number of hydrogen-bond acceptors (Lipinski definition) is 2. The minimum absolute atomic E-state index is 0.0864. The Morgan fingerprint density at radius 1 is 1.54 bits per heavy atom. The molecule has 0 aromatic heterocycles. The second-order valence-corrected chi connectivity index (χ2v) is 4.96. The summed E-state index contributed by atoms with van der Waals surface area (Å²) in [6.07, 6.45) is 3.02. The zero-order valence-electron chi connectivity index (χ0n) is 8.77. The first kappa shape index (κ1) is 10.5. The van der Waals surface area contributed by atoms with Gasteiger partial charge in [-0.1, -0.05) is 12.2 Å². The molecule has 2 N–H and O–H groups in total. The molecule has 0 radical (unpaired) electrons. The molecule has 0 aromatic carbocycles. The third-order valence-corrected chi connectivity index (χ3v) is 2.09. The molecular weight excluding hydrogens is 180 g/mol. The molecule has 0 spiro atoms. The Balaban J connectivity index is 2.70. The van der Waals surface area contributed by atoms with Crippen molar-refractivity contribution in [1.29, 1.82) is 0 Å². The third kappa shape index (κ3) is 3.35. The van der Waals surface area contributed by atoms with Crippen molar-refractivity contribution in [3.8, 4) is 0 Å². The normalized spacial score (nSPS) is 21.0. The van der Waals surface area contributed by atoms with Crippen molar-refractivity contribution in [2.75, 3.05) is 0 Å². The molecule has 0 saturated heterocycles. The highest BCUT2D eigenvalue weighted by Gasteiger charge is 2.24. The summed E-state index contributed by atoms with van der Waals surface area (Å²) in [6.45, 7) is 8.60. The van der Waals surface area contributed by atoms with Crippen LogP contribution in [0.25, 0.3) is 0 Å². The van der Waals surface area contributed by atoms with Gasteiger partial charge in [0.1, 0.15) is 4.99 Å². The fourth-order valence-electron chi connectivity index (χ4n) is 1.56. The van der Waals surface area contributed by atoms with Gasteiger partial charge in [-0.05, 0) is 33.8 Å². The van der Waals surface area contributed by atoms with E-state index in [0.717, 1.165) is 11.4 Å². The van der Waals surface area contributed by atoms with Crippen molar-refractivity contribution in [1.82, 2.24) is 10.6 Å². The van der Waals surface area contributed by atoms with E-state index in [1.807, 2.05) is 6.08 Å². The Bertz CT molecular complexity index is 241. The van der Waals surface area contributed by atoms with Crippen LogP contribution >= 0.6 is 12.2 Å². The lowest BCUT2D eigenvalue weighted by atomic mass is 9.95. The van der Waals surface area contributed by atoms with E-state index in [1.165, 1.54) is 5.70 Å². The van der Waals surface area contributed by atoms with Gasteiger partial charge in [-0.25, -0.2) is 0 Å². The highest BCUT2D eigenvalue weighted by Crippen LogP contribution is 2.19. The van der Waals surface area contributed by atoms with Crippen LogP contribution in [0.2, 0.25) is 0 Å². The summed E-state index contributed by atoms with van der Waals surface area (Å²) >= 11 is 5.16. The minimum atomic E-state index is 0.0864. The maximum Gasteiger partial charge on any atom is 0.101 e. The summed E-state index contributed by atoms with van der Waals surface area (Å²) in [4.78, 5) is 0.833. The number of nitrogens with one attached hydrogen (secondary N) is 2. The Kier molecular flexibility index (Phi) is 2.96. The van der Waals surface area contributed by atoms with Gasteiger partial charge in [-0.3, -0.25) is 0 Å². The van der Waals surface area contributed by atoms with Crippen LogP contribution in [0.4, 0.5) is 0 Å². The summed E-state index contributed by atoms with van der Waals surface area (Å²) in [5.41, 5.74) is 1.33. The zero-order chi connectivity index (χ0) is 10.1. The molecule has 0 aliphatic carbocycles. The highest BCUT2D eigenvalue weighted by molar-refractivity contribution is 7.80. The van der Waals surface area contributed by atoms with E-state index in [2.05, 4.69) is 38.3 Å². The lowest BCUT2D eigenvalue weighted by molar-refractivity contribution is 0.431. The molecule has 2 nitrogen and oxygen atoms in total. The van der Waals surface area contributed by atoms with Crippen LogP contribution < -0.4 is 10.6 Å². The number of hydrogen-bond donors (Lipinski definition) is 2. The van der Waals surface area contributed by atoms with Gasteiger partial charge in [0.2, 0.25) is 0 Å². The molecule has 1 rings (SSSR count). The van der Waals surface area contributed by atoms with Gasteiger partial charge in [0.25, 0.3) is 0 Å². The lowest BCUT2D eigenvalue weighted by Crippen LogP contribution is -2.47. The van der Waals surface area contributed by atoms with E-state index in [4.69, 9.17) is 12.2 Å². The van der Waals surface area contributed by atoms with E-state index in [-0.39, 0.29) is 5.54 Å². The molecule has 1 heterocycles. The van der Waals surface area contributed by atoms with E-state index < -0.39 is 0 Å². The van der Waals surface area contributed by atoms with Crippen molar-refractivity contribution < 1.29 is 0 Å². The van der Waals surface area contributed by atoms with Crippen molar-refractivity contribution in [3.05, 3.63) is 11.8 Å². The summed E-state index contributed by atoms with van der Waals surface area (Å²) in [5.74, 6) is 0. The van der Waals surface area contributed by atoms with Gasteiger partial charge >= 0.3 is 0 Å². The predicted molar refractivity (Wildman–Crippen MR) is 60.8 cm³/mol. The molecule has 3 heteroatoms. The van der Waals surface area contributed by atoms with Crippen molar-refractivity contribution in [2.24, 2.45) is 0 Å².